The van der Waals surface area contributed by atoms with E-state index in [4.69, 9.17) is 27.6 Å². The summed E-state index contributed by atoms with van der Waals surface area (Å²) in [7, 11) is 0. The molecule has 4 rings (SSSR count). The van der Waals surface area contributed by atoms with Crippen LogP contribution in [0.2, 0.25) is 10.0 Å². The maximum Gasteiger partial charge on any atom is 0.263 e. The van der Waals surface area contributed by atoms with Gasteiger partial charge in [-0.25, -0.2) is 5.43 Å². The molecule has 0 bridgehead atoms. The van der Waals surface area contributed by atoms with Crippen molar-refractivity contribution in [3.63, 3.8) is 0 Å². The Morgan fingerprint density at radius 2 is 1.97 bits per heavy atom. The van der Waals surface area contributed by atoms with Gasteiger partial charge in [0.1, 0.15) is 18.1 Å². The van der Waals surface area contributed by atoms with E-state index < -0.39 is 5.91 Å². The summed E-state index contributed by atoms with van der Waals surface area (Å²) in [5, 5.41) is 16.9. The van der Waals surface area contributed by atoms with Crippen molar-refractivity contribution in [2.75, 3.05) is 0 Å². The van der Waals surface area contributed by atoms with Crippen LogP contribution in [-0.4, -0.2) is 32.3 Å². The highest BCUT2D eigenvalue weighted by Gasteiger charge is 2.10. The molecule has 0 spiro atoms. The van der Waals surface area contributed by atoms with E-state index in [1.807, 2.05) is 30.3 Å². The lowest BCUT2D eigenvalue weighted by molar-refractivity contribution is -0.122. The molecule has 0 unspecified atom stereocenters. The molecule has 10 heteroatoms. The summed E-state index contributed by atoms with van der Waals surface area (Å²) in [5.74, 6) is 1.04. The first-order valence-electron chi connectivity index (χ1n) is 8.79. The van der Waals surface area contributed by atoms with Gasteiger partial charge in [0, 0.05) is 16.1 Å². The highest BCUT2D eigenvalue weighted by Crippen LogP contribution is 2.31. The van der Waals surface area contributed by atoms with Gasteiger partial charge in [0.15, 0.2) is 0 Å². The molecule has 0 aliphatic rings. The van der Waals surface area contributed by atoms with E-state index in [0.29, 0.717) is 33.0 Å². The van der Waals surface area contributed by atoms with E-state index in [1.165, 1.54) is 11.0 Å². The minimum atomic E-state index is -0.407. The Morgan fingerprint density at radius 3 is 2.77 bits per heavy atom. The Morgan fingerprint density at radius 1 is 1.13 bits per heavy atom. The van der Waals surface area contributed by atoms with Crippen molar-refractivity contribution in [2.24, 2.45) is 5.10 Å². The van der Waals surface area contributed by atoms with Crippen molar-refractivity contribution >= 4 is 35.3 Å². The zero-order valence-corrected chi connectivity index (χ0v) is 16.9. The summed E-state index contributed by atoms with van der Waals surface area (Å²) in [6.07, 6.45) is 1.38. The first-order valence-corrected chi connectivity index (χ1v) is 9.54. The number of aromatic nitrogens is 4. The lowest BCUT2D eigenvalue weighted by Gasteiger charge is -2.00. The van der Waals surface area contributed by atoms with Crippen LogP contribution in [-0.2, 0) is 11.3 Å². The first-order chi connectivity index (χ1) is 14.6. The molecule has 1 amide bonds. The predicted octanol–water partition coefficient (Wildman–Crippen LogP) is 4.06. The van der Waals surface area contributed by atoms with Crippen molar-refractivity contribution in [2.45, 2.75) is 6.54 Å². The second-order valence-corrected chi connectivity index (χ2v) is 6.97. The molecular formula is C20H14Cl2N6O2. The van der Waals surface area contributed by atoms with Crippen LogP contribution in [0.25, 0.3) is 22.7 Å². The highest BCUT2D eigenvalue weighted by molar-refractivity contribution is 6.36. The number of hydrogen-bond donors (Lipinski definition) is 1. The van der Waals surface area contributed by atoms with Crippen LogP contribution in [0.4, 0.5) is 0 Å². The SMILES string of the molecule is O=C(Cn1nnc(-c2ccccc2)n1)N/N=C/c1ccc(-c2ccc(Cl)cc2Cl)o1. The van der Waals surface area contributed by atoms with Crippen LogP contribution in [0.5, 0.6) is 0 Å². The van der Waals surface area contributed by atoms with Crippen LogP contribution in [0.15, 0.2) is 70.2 Å². The molecule has 8 nitrogen and oxygen atoms in total. The first kappa shape index (κ1) is 19.8. The molecule has 4 aromatic rings. The number of carbonyl (C=O) groups is 1. The van der Waals surface area contributed by atoms with E-state index in [9.17, 15) is 4.79 Å². The molecule has 2 heterocycles. The van der Waals surface area contributed by atoms with E-state index in [0.717, 1.165) is 5.56 Å². The fourth-order valence-corrected chi connectivity index (χ4v) is 3.10. The maximum atomic E-state index is 12.0. The van der Waals surface area contributed by atoms with Gasteiger partial charge in [-0.1, -0.05) is 53.5 Å². The minimum Gasteiger partial charge on any atom is -0.455 e. The quantitative estimate of drug-likeness (QED) is 0.360. The minimum absolute atomic E-state index is 0.124. The molecule has 0 saturated carbocycles. The van der Waals surface area contributed by atoms with Crippen LogP contribution in [0.1, 0.15) is 5.76 Å². The Hall–Kier alpha value is -3.49. The number of halogens is 2. The van der Waals surface area contributed by atoms with E-state index >= 15 is 0 Å². The standard InChI is InChI=1S/C20H14Cl2N6O2/c21-14-6-8-16(17(22)10-14)18-9-7-15(30-18)11-23-24-19(29)12-28-26-20(25-27-28)13-4-2-1-3-5-13/h1-11H,12H2,(H,24,29)/b23-11+. The Labute approximate surface area is 181 Å². The zero-order valence-electron chi connectivity index (χ0n) is 15.4. The van der Waals surface area contributed by atoms with Gasteiger partial charge in [-0.15, -0.1) is 10.2 Å². The predicted molar refractivity (Wildman–Crippen MR) is 113 cm³/mol. The number of rotatable bonds is 6. The molecule has 0 fully saturated rings. The van der Waals surface area contributed by atoms with Gasteiger partial charge in [-0.3, -0.25) is 4.79 Å². The molecule has 150 valence electrons. The third-order valence-corrected chi connectivity index (χ3v) is 4.52. The number of benzene rings is 2. The summed E-state index contributed by atoms with van der Waals surface area (Å²) in [6, 6.07) is 17.9. The smallest absolute Gasteiger partial charge is 0.263 e. The van der Waals surface area contributed by atoms with Gasteiger partial charge in [0.05, 0.1) is 11.2 Å². The number of carbonyl (C=O) groups excluding carboxylic acids is 1. The monoisotopic (exact) mass is 440 g/mol. The fourth-order valence-electron chi connectivity index (χ4n) is 2.60. The van der Waals surface area contributed by atoms with E-state index in [-0.39, 0.29) is 6.54 Å². The highest BCUT2D eigenvalue weighted by atomic mass is 35.5. The number of amides is 1. The summed E-state index contributed by atoms with van der Waals surface area (Å²) >= 11 is 12.1. The second-order valence-electron chi connectivity index (χ2n) is 6.13. The molecular weight excluding hydrogens is 427 g/mol. The van der Waals surface area contributed by atoms with Crippen molar-refractivity contribution < 1.29 is 9.21 Å². The lowest BCUT2D eigenvalue weighted by atomic mass is 10.2. The number of nitrogens with zero attached hydrogens (tertiary/aromatic N) is 5. The third-order valence-electron chi connectivity index (χ3n) is 3.97. The molecule has 0 aliphatic heterocycles. The molecule has 0 aliphatic carbocycles. The molecule has 0 atom stereocenters. The van der Waals surface area contributed by atoms with E-state index in [2.05, 4.69) is 25.9 Å². The van der Waals surface area contributed by atoms with Gasteiger partial charge in [0.2, 0.25) is 5.82 Å². The average Bonchev–Trinajstić information content (AvgIpc) is 3.39. The number of hydrogen-bond acceptors (Lipinski definition) is 6. The van der Waals surface area contributed by atoms with Crippen LogP contribution < -0.4 is 5.43 Å². The Kier molecular flexibility index (Phi) is 5.87. The van der Waals surface area contributed by atoms with Crippen molar-refractivity contribution in [1.29, 1.82) is 0 Å². The van der Waals surface area contributed by atoms with Crippen LogP contribution >= 0.6 is 23.2 Å². The topological polar surface area (TPSA) is 98.2 Å². The molecule has 1 N–H and O–H groups in total. The average molecular weight is 441 g/mol. The number of tetrazole rings is 1. The van der Waals surface area contributed by atoms with Crippen molar-refractivity contribution in [1.82, 2.24) is 25.6 Å². The van der Waals surface area contributed by atoms with E-state index in [1.54, 1.807) is 30.3 Å². The van der Waals surface area contributed by atoms with Gasteiger partial charge in [-0.2, -0.15) is 9.90 Å². The second kappa shape index (κ2) is 8.89. The number of hydrazone groups is 1. The van der Waals surface area contributed by atoms with Gasteiger partial charge in [-0.05, 0) is 35.5 Å². The van der Waals surface area contributed by atoms with Gasteiger partial charge in [0.25, 0.3) is 5.91 Å². The van der Waals surface area contributed by atoms with Crippen molar-refractivity contribution in [3.05, 3.63) is 76.5 Å². The lowest BCUT2D eigenvalue weighted by Crippen LogP contribution is -2.24. The molecule has 30 heavy (non-hydrogen) atoms. The molecule has 0 radical (unpaired) electrons. The maximum absolute atomic E-state index is 12.0. The van der Waals surface area contributed by atoms with Crippen LogP contribution in [0.3, 0.4) is 0 Å². The largest absolute Gasteiger partial charge is 0.455 e. The summed E-state index contributed by atoms with van der Waals surface area (Å²) < 4.78 is 5.67. The summed E-state index contributed by atoms with van der Waals surface area (Å²) in [5.41, 5.74) is 3.92. The fraction of sp³-hybridized carbons (Fsp3) is 0.0500. The van der Waals surface area contributed by atoms with Crippen LogP contribution in [0, 0.1) is 0 Å². The van der Waals surface area contributed by atoms with Gasteiger partial charge < -0.3 is 4.42 Å². The molecule has 0 saturated heterocycles. The normalized spacial score (nSPS) is 11.1. The molecule has 2 aromatic heterocycles. The number of nitrogens with one attached hydrogen (secondary N) is 1. The Balaban J connectivity index is 1.34. The summed E-state index contributed by atoms with van der Waals surface area (Å²) in [4.78, 5) is 13.2. The van der Waals surface area contributed by atoms with Gasteiger partial charge >= 0.3 is 0 Å². The van der Waals surface area contributed by atoms with Crippen molar-refractivity contribution in [3.8, 4) is 22.7 Å². The Bertz CT molecular complexity index is 1200. The number of furan rings is 1. The summed E-state index contributed by atoms with van der Waals surface area (Å²) in [6.45, 7) is -0.124. The molecule has 2 aromatic carbocycles. The zero-order chi connectivity index (χ0) is 20.9. The third kappa shape index (κ3) is 4.73.